The first-order chi connectivity index (χ1) is 8.69. The van der Waals surface area contributed by atoms with Gasteiger partial charge in [0.15, 0.2) is 0 Å². The fourth-order valence-corrected chi connectivity index (χ4v) is 2.30. The Morgan fingerprint density at radius 3 is 2.83 bits per heavy atom. The Hall–Kier alpha value is -0.580. The van der Waals surface area contributed by atoms with E-state index < -0.39 is 0 Å². The van der Waals surface area contributed by atoms with Crippen LogP contribution in [-0.4, -0.2) is 33.9 Å². The molecule has 0 bridgehead atoms. The van der Waals surface area contributed by atoms with Crippen LogP contribution >= 0.6 is 15.9 Å². The molecule has 1 aromatic rings. The second-order valence-electron chi connectivity index (χ2n) is 4.32. The van der Waals surface area contributed by atoms with Crippen LogP contribution < -0.4 is 10.2 Å². The van der Waals surface area contributed by atoms with Crippen LogP contribution in [-0.2, 0) is 11.3 Å². The summed E-state index contributed by atoms with van der Waals surface area (Å²) in [6, 6.07) is 6.45. The molecule has 1 N–H and O–H groups in total. The summed E-state index contributed by atoms with van der Waals surface area (Å²) in [5.41, 5.74) is 2.61. The molecule has 0 unspecified atom stereocenters. The van der Waals surface area contributed by atoms with E-state index in [9.17, 15) is 0 Å². The summed E-state index contributed by atoms with van der Waals surface area (Å²) in [5.74, 6) is 0. The molecule has 0 radical (unpaired) electrons. The van der Waals surface area contributed by atoms with E-state index in [2.05, 4.69) is 58.3 Å². The van der Waals surface area contributed by atoms with Gasteiger partial charge in [-0.3, -0.25) is 0 Å². The van der Waals surface area contributed by atoms with Gasteiger partial charge in [0.25, 0.3) is 0 Å². The van der Waals surface area contributed by atoms with E-state index in [1.807, 2.05) is 0 Å². The summed E-state index contributed by atoms with van der Waals surface area (Å²) < 4.78 is 6.22. The zero-order valence-corrected chi connectivity index (χ0v) is 13.1. The number of rotatable bonds is 8. The molecule has 102 valence electrons. The normalized spacial score (nSPS) is 10.7. The summed E-state index contributed by atoms with van der Waals surface area (Å²) in [6.45, 7) is 5.83. The van der Waals surface area contributed by atoms with Gasteiger partial charge in [-0.1, -0.05) is 22.9 Å². The maximum Gasteiger partial charge on any atom is 0.0479 e. The molecule has 0 amide bonds. The molecule has 1 aromatic carbocycles. The van der Waals surface area contributed by atoms with Gasteiger partial charge in [0, 0.05) is 44.0 Å². The zero-order valence-electron chi connectivity index (χ0n) is 11.5. The van der Waals surface area contributed by atoms with Gasteiger partial charge in [0.1, 0.15) is 0 Å². The van der Waals surface area contributed by atoms with Crippen molar-refractivity contribution >= 4 is 21.6 Å². The highest BCUT2D eigenvalue weighted by Gasteiger charge is 2.07. The number of nitrogens with zero attached hydrogens (tertiary/aromatic N) is 1. The third-order valence-electron chi connectivity index (χ3n) is 2.86. The van der Waals surface area contributed by atoms with Crippen LogP contribution in [0.3, 0.4) is 0 Å². The molecular formula is C14H23BrN2O. The third kappa shape index (κ3) is 4.96. The van der Waals surface area contributed by atoms with E-state index in [-0.39, 0.29) is 0 Å². The molecule has 0 saturated carbocycles. The maximum absolute atomic E-state index is 5.10. The summed E-state index contributed by atoms with van der Waals surface area (Å²) in [5, 5.41) is 3.38. The molecule has 18 heavy (non-hydrogen) atoms. The van der Waals surface area contributed by atoms with Crippen LogP contribution in [0.25, 0.3) is 0 Å². The van der Waals surface area contributed by atoms with E-state index in [0.29, 0.717) is 0 Å². The topological polar surface area (TPSA) is 24.5 Å². The number of benzene rings is 1. The van der Waals surface area contributed by atoms with Crippen molar-refractivity contribution in [2.45, 2.75) is 19.9 Å². The number of hydrogen-bond donors (Lipinski definition) is 1. The lowest BCUT2D eigenvalue weighted by molar-refractivity contribution is 0.196. The van der Waals surface area contributed by atoms with Gasteiger partial charge in [-0.2, -0.15) is 0 Å². The van der Waals surface area contributed by atoms with Crippen LogP contribution in [0.1, 0.15) is 18.9 Å². The zero-order chi connectivity index (χ0) is 13.4. The Balaban J connectivity index is 2.72. The minimum Gasteiger partial charge on any atom is -0.385 e. The van der Waals surface area contributed by atoms with E-state index >= 15 is 0 Å². The highest BCUT2D eigenvalue weighted by Crippen LogP contribution is 2.24. The predicted molar refractivity (Wildman–Crippen MR) is 81.3 cm³/mol. The quantitative estimate of drug-likeness (QED) is 0.746. The first-order valence-corrected chi connectivity index (χ1v) is 7.17. The summed E-state index contributed by atoms with van der Waals surface area (Å²) in [4.78, 5) is 2.29. The smallest absolute Gasteiger partial charge is 0.0479 e. The number of hydrogen-bond acceptors (Lipinski definition) is 3. The van der Waals surface area contributed by atoms with E-state index in [1.165, 1.54) is 11.3 Å². The number of nitrogens with one attached hydrogen (secondary N) is 1. The molecule has 3 nitrogen and oxygen atoms in total. The average molecular weight is 315 g/mol. The average Bonchev–Trinajstić information content (AvgIpc) is 2.36. The Labute approximate surface area is 119 Å². The van der Waals surface area contributed by atoms with Crippen molar-refractivity contribution in [1.82, 2.24) is 5.32 Å². The molecule has 0 fully saturated rings. The summed E-state index contributed by atoms with van der Waals surface area (Å²) in [7, 11) is 3.88. The lowest BCUT2D eigenvalue weighted by Crippen LogP contribution is -2.22. The van der Waals surface area contributed by atoms with E-state index in [0.717, 1.165) is 37.1 Å². The molecule has 0 atom stereocenters. The van der Waals surface area contributed by atoms with Crippen molar-refractivity contribution < 1.29 is 4.74 Å². The molecule has 4 heteroatoms. The van der Waals surface area contributed by atoms with Crippen molar-refractivity contribution in [2.24, 2.45) is 0 Å². The SMILES string of the molecule is CCNCc1cc(Br)ccc1N(C)CCCOC. The molecular weight excluding hydrogens is 292 g/mol. The highest BCUT2D eigenvalue weighted by molar-refractivity contribution is 9.10. The van der Waals surface area contributed by atoms with Crippen LogP contribution in [0, 0.1) is 0 Å². The number of anilines is 1. The molecule has 0 aliphatic rings. The van der Waals surface area contributed by atoms with Gasteiger partial charge in [-0.25, -0.2) is 0 Å². The summed E-state index contributed by atoms with van der Waals surface area (Å²) in [6.07, 6.45) is 1.05. The molecule has 0 aliphatic heterocycles. The Bertz CT molecular complexity index is 358. The monoisotopic (exact) mass is 314 g/mol. The predicted octanol–water partition coefficient (Wildman–Crippen LogP) is 3.03. The molecule has 0 spiro atoms. The van der Waals surface area contributed by atoms with Crippen LogP contribution in [0.4, 0.5) is 5.69 Å². The second-order valence-corrected chi connectivity index (χ2v) is 5.24. The molecule has 0 heterocycles. The van der Waals surface area contributed by atoms with Gasteiger partial charge in [0.2, 0.25) is 0 Å². The van der Waals surface area contributed by atoms with E-state index in [4.69, 9.17) is 4.74 Å². The Morgan fingerprint density at radius 2 is 2.17 bits per heavy atom. The minimum absolute atomic E-state index is 0.809. The van der Waals surface area contributed by atoms with Gasteiger partial charge in [-0.05, 0) is 36.7 Å². The van der Waals surface area contributed by atoms with Crippen LogP contribution in [0.2, 0.25) is 0 Å². The maximum atomic E-state index is 5.10. The minimum atomic E-state index is 0.809. The largest absolute Gasteiger partial charge is 0.385 e. The second kappa shape index (κ2) is 8.51. The van der Waals surface area contributed by atoms with Crippen molar-refractivity contribution in [3.05, 3.63) is 28.2 Å². The van der Waals surface area contributed by atoms with Crippen molar-refractivity contribution in [1.29, 1.82) is 0 Å². The van der Waals surface area contributed by atoms with Crippen molar-refractivity contribution in [2.75, 3.05) is 38.8 Å². The third-order valence-corrected chi connectivity index (χ3v) is 3.35. The molecule has 0 saturated heterocycles. The van der Waals surface area contributed by atoms with Gasteiger partial charge in [0.05, 0.1) is 0 Å². The fourth-order valence-electron chi connectivity index (χ4n) is 1.89. The molecule has 0 aliphatic carbocycles. The lowest BCUT2D eigenvalue weighted by Gasteiger charge is -2.23. The van der Waals surface area contributed by atoms with Crippen molar-refractivity contribution in [3.63, 3.8) is 0 Å². The molecule has 0 aromatic heterocycles. The first-order valence-electron chi connectivity index (χ1n) is 6.38. The Kier molecular flexibility index (Phi) is 7.32. The van der Waals surface area contributed by atoms with Gasteiger partial charge >= 0.3 is 0 Å². The van der Waals surface area contributed by atoms with Gasteiger partial charge < -0.3 is 15.0 Å². The Morgan fingerprint density at radius 1 is 1.39 bits per heavy atom. The number of methoxy groups -OCH3 is 1. The van der Waals surface area contributed by atoms with Crippen LogP contribution in [0.5, 0.6) is 0 Å². The fraction of sp³-hybridized carbons (Fsp3) is 0.571. The van der Waals surface area contributed by atoms with Crippen LogP contribution in [0.15, 0.2) is 22.7 Å². The lowest BCUT2D eigenvalue weighted by atomic mass is 10.1. The number of ether oxygens (including phenoxy) is 1. The standard InChI is InChI=1S/C14H23BrN2O/c1-4-16-11-12-10-13(15)6-7-14(12)17(2)8-5-9-18-3/h6-7,10,16H,4-5,8-9,11H2,1-3H3. The first kappa shape index (κ1) is 15.5. The summed E-state index contributed by atoms with van der Waals surface area (Å²) >= 11 is 3.53. The van der Waals surface area contributed by atoms with Gasteiger partial charge in [-0.15, -0.1) is 0 Å². The van der Waals surface area contributed by atoms with Crippen molar-refractivity contribution in [3.8, 4) is 0 Å². The highest BCUT2D eigenvalue weighted by atomic mass is 79.9. The number of halogens is 1. The molecule has 1 rings (SSSR count). The van der Waals surface area contributed by atoms with E-state index in [1.54, 1.807) is 7.11 Å².